The first-order valence-electron chi connectivity index (χ1n) is 34.5. The van der Waals surface area contributed by atoms with Gasteiger partial charge >= 0.3 is 12.2 Å². The number of piperidine rings is 3. The van der Waals surface area contributed by atoms with Crippen molar-refractivity contribution in [2.45, 2.75) is 127 Å². The Labute approximate surface area is 575 Å². The first kappa shape index (κ1) is 69.2. The Morgan fingerprint density at radius 3 is 1.32 bits per heavy atom. The number of benzene rings is 6. The van der Waals surface area contributed by atoms with Crippen LogP contribution in [0.25, 0.3) is 33.1 Å². The third-order valence-electron chi connectivity index (χ3n) is 20.0. The predicted octanol–water partition coefficient (Wildman–Crippen LogP) is 11.4. The number of aliphatic hydroxyl groups excluding tert-OH is 3. The number of aliphatic hydroxyl groups is 3. The van der Waals surface area contributed by atoms with Gasteiger partial charge in [0.05, 0.1) is 43.8 Å². The minimum Gasteiger partial charge on any atom is -0.456 e. The maximum Gasteiger partial charge on any atom is 0.410 e. The van der Waals surface area contributed by atoms with E-state index >= 15 is 0 Å². The summed E-state index contributed by atoms with van der Waals surface area (Å²) in [5, 5.41) is 31.9. The number of nitrogens with zero attached hydrogens (tertiary/aromatic N) is 5. The molecule has 8 aliphatic heterocycles. The van der Waals surface area contributed by atoms with Crippen molar-refractivity contribution in [3.8, 4) is 23.0 Å². The molecular weight excluding hydrogens is 1260 g/mol. The quantitative estimate of drug-likeness (QED) is 0.0878. The number of carbonyl (C=O) groups excluding carboxylic acids is 6. The number of nitrogens with one attached hydrogen (secondary N) is 1. The van der Waals surface area contributed by atoms with Gasteiger partial charge in [0.15, 0.2) is 0 Å². The van der Waals surface area contributed by atoms with Crippen LogP contribution in [-0.2, 0) is 14.3 Å². The van der Waals surface area contributed by atoms with Gasteiger partial charge in [0.2, 0.25) is 5.43 Å². The van der Waals surface area contributed by atoms with Crippen LogP contribution in [0.5, 0.6) is 23.0 Å². The van der Waals surface area contributed by atoms with Crippen molar-refractivity contribution >= 4 is 68.8 Å². The lowest BCUT2D eigenvalue weighted by Gasteiger charge is -2.37. The number of rotatable bonds is 11. The van der Waals surface area contributed by atoms with Crippen LogP contribution in [0.15, 0.2) is 148 Å². The highest BCUT2D eigenvalue weighted by molar-refractivity contribution is 6.00. The molecule has 6 unspecified atom stereocenters. The summed E-state index contributed by atoms with van der Waals surface area (Å²) < 4.78 is 28.5. The molecule has 8 aliphatic rings. The second-order valence-electron chi connectivity index (χ2n) is 26.4. The van der Waals surface area contributed by atoms with Gasteiger partial charge in [0, 0.05) is 129 Å². The van der Waals surface area contributed by atoms with E-state index in [1.54, 1.807) is 81.5 Å². The minimum atomic E-state index is -0.243. The molecule has 6 atom stereocenters. The number of fused-ring (bicyclic) bond motifs is 12. The van der Waals surface area contributed by atoms with Crippen molar-refractivity contribution in [1.29, 1.82) is 0 Å². The molecule has 1 aromatic heterocycles. The predicted molar refractivity (Wildman–Crippen MR) is 374 cm³/mol. The molecule has 6 fully saturated rings. The lowest BCUT2D eigenvalue weighted by molar-refractivity contribution is -0.123. The van der Waals surface area contributed by atoms with Crippen LogP contribution in [-0.4, -0.2) is 186 Å². The van der Waals surface area contributed by atoms with Crippen LogP contribution >= 0.6 is 0 Å². The summed E-state index contributed by atoms with van der Waals surface area (Å²) in [4.78, 5) is 93.7. The summed E-state index contributed by atoms with van der Waals surface area (Å²) in [7, 11) is 4.99. The monoisotopic (exact) mass is 1350 g/mol. The second kappa shape index (κ2) is 30.6. The highest BCUT2D eigenvalue weighted by Gasteiger charge is 2.45. The molecule has 6 aromatic carbocycles. The topological polar surface area (TPSA) is 258 Å². The molecular formula is C78H86N6O15. The number of carbonyl (C=O) groups is 6. The van der Waals surface area contributed by atoms with Gasteiger partial charge < -0.3 is 68.5 Å². The van der Waals surface area contributed by atoms with Gasteiger partial charge in [-0.3, -0.25) is 24.0 Å². The molecule has 0 radical (unpaired) electrons. The Bertz CT molecular complexity index is 4320. The lowest BCUT2D eigenvalue weighted by atomic mass is 9.83. The van der Waals surface area contributed by atoms with E-state index in [0.717, 1.165) is 96.4 Å². The Morgan fingerprint density at radius 2 is 0.859 bits per heavy atom. The number of hydrogen-bond donors (Lipinski definition) is 4. The normalized spacial score (nSPS) is 20.2. The smallest absolute Gasteiger partial charge is 0.410 e. The van der Waals surface area contributed by atoms with Crippen molar-refractivity contribution in [2.24, 2.45) is 0 Å². The maximum absolute atomic E-state index is 12.8. The summed E-state index contributed by atoms with van der Waals surface area (Å²) >= 11 is 0. The van der Waals surface area contributed by atoms with Crippen molar-refractivity contribution in [3.05, 3.63) is 188 Å². The van der Waals surface area contributed by atoms with Crippen LogP contribution in [0.2, 0.25) is 0 Å². The van der Waals surface area contributed by atoms with Gasteiger partial charge in [0.1, 0.15) is 39.9 Å². The van der Waals surface area contributed by atoms with Crippen LogP contribution in [0, 0.1) is 0 Å². The Balaban J connectivity index is 0.000000131. The average Bonchev–Trinajstić information content (AvgIpc) is 1.60. The van der Waals surface area contributed by atoms with E-state index in [1.807, 2.05) is 72.5 Å². The molecule has 15 rings (SSSR count). The van der Waals surface area contributed by atoms with Crippen LogP contribution in [0.4, 0.5) is 9.59 Å². The molecule has 6 saturated heterocycles. The van der Waals surface area contributed by atoms with Crippen LogP contribution < -0.4 is 20.2 Å². The third-order valence-corrected chi connectivity index (χ3v) is 20.0. The zero-order valence-corrected chi connectivity index (χ0v) is 56.7. The standard InChI is InChI=1S/C27H30N2O5.C24H26N2O3.C17H15NO4.C10H15NO3/c1-3-33-27(32)29-19-9-10-20(29)15-18(14-19)25-21-6-4-5-7-23(21)34-24-16-17(8-11-22(24)25)26(31)28(2)12-13-30;1-26(10-11-27)24(28)15-6-9-20-22(14-15)29-21-5-3-2-4-19(21)23(20)16-12-17-7-8-18(13-16)25-17;1-18(8-9-19)17(21)11-6-7-13-15(10-11)22-14-5-3-2-4-12(14)16(13)20;1-2-14-10(13)11-7-3-4-8(11)6-9(12)5-7/h4-8,11,16,19-20,30H,3,9-10,12-15H2,1-2H3;2-6,9,14,17-18,25,27H,7-8,10-13H2,1H3;2-7,10,19H,8-9H2,1H3;7-8H,2-6H2,1H3. The van der Waals surface area contributed by atoms with Crippen LogP contribution in [0.1, 0.15) is 144 Å². The summed E-state index contributed by atoms with van der Waals surface area (Å²) in [6, 6.07) is 41.0. The number of ketones is 1. The Morgan fingerprint density at radius 1 is 0.465 bits per heavy atom. The zero-order chi connectivity index (χ0) is 69.6. The molecule has 9 heterocycles. The first-order chi connectivity index (χ1) is 48.0. The number of amides is 5. The van der Waals surface area contributed by atoms with E-state index in [9.17, 15) is 38.7 Å². The van der Waals surface area contributed by atoms with Gasteiger partial charge in [-0.1, -0.05) is 59.7 Å². The second-order valence-corrected chi connectivity index (χ2v) is 26.4. The molecule has 4 N–H and O–H groups in total. The fraction of sp³-hybridized carbons (Fsp3) is 0.397. The zero-order valence-electron chi connectivity index (χ0n) is 56.7. The Kier molecular flexibility index (Phi) is 21.4. The van der Waals surface area contributed by atoms with E-state index in [4.69, 9.17) is 33.6 Å². The molecule has 518 valence electrons. The SMILES string of the molecule is CCOC(=O)N1C2CCC1CC(=C1c3ccccc3Oc3cc(C(=O)N(C)CCO)ccc31)C2.CCOC(=O)N1C2CCC1CC(=O)C2.CN(CCO)C(=O)c1ccc2c(=O)c3ccccc3oc2c1.CN(CCO)C(=O)c1ccc2c(c1)Oc1ccccc1C2=C1CC2CCC(C1)N2. The van der Waals surface area contributed by atoms with E-state index in [1.165, 1.54) is 44.3 Å². The van der Waals surface area contributed by atoms with Crippen molar-refractivity contribution in [3.63, 3.8) is 0 Å². The minimum absolute atomic E-state index is 0.0519. The fourth-order valence-electron chi connectivity index (χ4n) is 15.3. The molecule has 5 amide bonds. The van der Waals surface area contributed by atoms with E-state index in [-0.39, 0.29) is 98.2 Å². The fourth-order valence-corrected chi connectivity index (χ4v) is 15.3. The Hall–Kier alpha value is -9.67. The molecule has 99 heavy (non-hydrogen) atoms. The maximum atomic E-state index is 12.8. The van der Waals surface area contributed by atoms with E-state index in [2.05, 4.69) is 23.5 Å². The van der Waals surface area contributed by atoms with Gasteiger partial charge in [-0.2, -0.15) is 0 Å². The third kappa shape index (κ3) is 14.6. The number of hydrogen-bond acceptors (Lipinski definition) is 16. The molecule has 0 saturated carbocycles. The van der Waals surface area contributed by atoms with Crippen molar-refractivity contribution in [2.75, 3.05) is 73.8 Å². The van der Waals surface area contributed by atoms with E-state index in [0.29, 0.717) is 89.1 Å². The largest absolute Gasteiger partial charge is 0.456 e. The molecule has 0 aliphatic carbocycles. The number of Topliss-reactive ketones (excluding diaryl/α,β-unsaturated/α-hetero) is 1. The number of likely N-dealkylation sites (N-methyl/N-ethyl adjacent to an activating group) is 3. The van der Waals surface area contributed by atoms with Crippen molar-refractivity contribution in [1.82, 2.24) is 29.8 Å². The summed E-state index contributed by atoms with van der Waals surface area (Å²) in [6.07, 6.45) is 10.7. The van der Waals surface area contributed by atoms with Gasteiger partial charge in [0.25, 0.3) is 17.7 Å². The van der Waals surface area contributed by atoms with Crippen LogP contribution in [0.3, 0.4) is 0 Å². The van der Waals surface area contributed by atoms with Gasteiger partial charge in [-0.05, 0) is 168 Å². The molecule has 21 heteroatoms. The molecule has 21 nitrogen and oxygen atoms in total. The number of para-hydroxylation sites is 3. The summed E-state index contributed by atoms with van der Waals surface area (Å²) in [5.74, 6) is 2.80. The highest BCUT2D eigenvalue weighted by atomic mass is 16.6. The molecule has 0 spiro atoms. The van der Waals surface area contributed by atoms with Gasteiger partial charge in [-0.25, -0.2) is 9.59 Å². The van der Waals surface area contributed by atoms with Gasteiger partial charge in [-0.15, -0.1) is 0 Å². The molecule has 7 aromatic rings. The molecule has 6 bridgehead atoms. The highest BCUT2D eigenvalue weighted by Crippen LogP contribution is 2.51. The first-order valence-corrected chi connectivity index (χ1v) is 34.5. The lowest BCUT2D eigenvalue weighted by Crippen LogP contribution is -2.46. The van der Waals surface area contributed by atoms with Crippen molar-refractivity contribution < 1.29 is 67.5 Å². The number of ether oxygens (including phenoxy) is 4. The summed E-state index contributed by atoms with van der Waals surface area (Å²) in [6.45, 7) is 5.02. The average molecular weight is 1350 g/mol. The summed E-state index contributed by atoms with van der Waals surface area (Å²) in [5.41, 5.74) is 11.8. The van der Waals surface area contributed by atoms with E-state index < -0.39 is 0 Å².